The molecule has 5 N–H and O–H groups in total. The summed E-state index contributed by atoms with van der Waals surface area (Å²) in [4.78, 5) is 46.4. The molecule has 1 rings (SSSR count). The molecule has 0 bridgehead atoms. The Balaban J connectivity index is 2.25. The topological polar surface area (TPSA) is 128 Å². The van der Waals surface area contributed by atoms with E-state index in [0.29, 0.717) is 31.5 Å². The van der Waals surface area contributed by atoms with Crippen LogP contribution < -0.4 is 26.5 Å². The molecule has 1 aromatic rings. The van der Waals surface area contributed by atoms with E-state index in [9.17, 15) is 19.2 Å². The monoisotopic (exact) mass is 402 g/mol. The zero-order valence-corrected chi connectivity index (χ0v) is 17.1. The zero-order chi connectivity index (χ0) is 21.6. The molecule has 0 aliphatic carbocycles. The molecule has 0 aliphatic rings. The smallest absolute Gasteiger partial charge is 0.243 e. The van der Waals surface area contributed by atoms with E-state index in [0.717, 1.165) is 5.69 Å². The number of benzene rings is 1. The molecule has 0 aromatic heterocycles. The van der Waals surface area contributed by atoms with Crippen molar-refractivity contribution in [1.29, 1.82) is 0 Å². The van der Waals surface area contributed by atoms with Gasteiger partial charge in [0.1, 0.15) is 6.04 Å². The molecule has 1 aromatic carbocycles. The van der Waals surface area contributed by atoms with E-state index in [1.54, 1.807) is 38.5 Å². The van der Waals surface area contributed by atoms with E-state index in [2.05, 4.69) is 26.5 Å². The molecule has 0 heterocycles. The van der Waals surface area contributed by atoms with Crippen LogP contribution in [-0.2, 0) is 14.4 Å². The molecule has 0 aliphatic heterocycles. The number of nitrogens with one attached hydrogen (secondary N) is 5. The van der Waals surface area contributed by atoms with Crippen molar-refractivity contribution in [2.24, 2.45) is 0 Å². The number of likely N-dealkylation sites (N-methyl/N-ethyl adjacent to an activating group) is 1. The first-order valence-electron chi connectivity index (χ1n) is 9.55. The van der Waals surface area contributed by atoms with Crippen molar-refractivity contribution in [3.05, 3.63) is 29.8 Å². The summed E-state index contributed by atoms with van der Waals surface area (Å²) in [6.07, 6.45) is 1.14. The second kappa shape index (κ2) is 13.2. The van der Waals surface area contributed by atoms with Gasteiger partial charge in [-0.25, -0.2) is 0 Å². The van der Waals surface area contributed by atoms with Crippen LogP contribution in [0, 0.1) is 0 Å². The summed E-state index contributed by atoms with van der Waals surface area (Å²) in [5.41, 5.74) is 1.41. The average Bonchev–Trinajstić information content (AvgIpc) is 2.70. The molecule has 4 amide bonds. The van der Waals surface area contributed by atoms with E-state index in [1.165, 1.54) is 14.0 Å². The van der Waals surface area contributed by atoms with Gasteiger partial charge in [0.15, 0.2) is 0 Å². The van der Waals surface area contributed by atoms with Gasteiger partial charge in [-0.2, -0.15) is 0 Å². The fourth-order valence-corrected chi connectivity index (χ4v) is 2.61. The van der Waals surface area contributed by atoms with Gasteiger partial charge in [0, 0.05) is 44.7 Å². The predicted molar refractivity (Wildman–Crippen MR) is 113 cm³/mol. The lowest BCUT2D eigenvalue weighted by atomic mass is 9.99. The minimum atomic E-state index is -0.632. The third-order valence-corrected chi connectivity index (χ3v) is 4.04. The maximum absolute atomic E-state index is 11.9. The summed E-state index contributed by atoms with van der Waals surface area (Å²) in [6, 6.07) is 6.41. The van der Waals surface area contributed by atoms with Gasteiger partial charge in [0.05, 0.1) is 0 Å². The van der Waals surface area contributed by atoms with E-state index in [1.807, 2.05) is 0 Å². The summed E-state index contributed by atoms with van der Waals surface area (Å²) >= 11 is 0. The van der Waals surface area contributed by atoms with Crippen LogP contribution in [0.4, 0.5) is 5.69 Å². The molecule has 9 nitrogen and oxygen atoms in total. The molecule has 1 atom stereocenters. The van der Waals surface area contributed by atoms with Crippen molar-refractivity contribution in [3.63, 3.8) is 0 Å². The van der Waals surface area contributed by atoms with E-state index in [-0.39, 0.29) is 30.0 Å². The first kappa shape index (κ1) is 24.0. The second-order valence-corrected chi connectivity index (χ2v) is 6.38. The van der Waals surface area contributed by atoms with Gasteiger partial charge in [-0.3, -0.25) is 19.2 Å². The Labute approximate surface area is 172 Å². The van der Waals surface area contributed by atoms with Crippen LogP contribution in [0.15, 0.2) is 24.3 Å². The highest BCUT2D eigenvalue weighted by Gasteiger charge is 2.18. The van der Waals surface area contributed by atoms with Gasteiger partial charge in [-0.15, -0.1) is 0 Å². The Morgan fingerprint density at radius 3 is 2.34 bits per heavy atom. The maximum Gasteiger partial charge on any atom is 0.243 e. The summed E-state index contributed by atoms with van der Waals surface area (Å²) in [5.74, 6) is -0.843. The Hall–Kier alpha value is -3.04. The molecule has 29 heavy (non-hydrogen) atoms. The predicted octanol–water partition coefficient (Wildman–Crippen LogP) is 0.0328. The SMILES string of the molecule is C[B]NC(=O)c1ccc(NCCNC(=O)CCC[C@H](NC(C)=O)C(=O)NC)cc1. The highest BCUT2D eigenvalue weighted by Crippen LogP contribution is 2.09. The number of rotatable bonds is 12. The van der Waals surface area contributed by atoms with Gasteiger partial charge in [0.25, 0.3) is 0 Å². The number of hydrogen-bond donors (Lipinski definition) is 5. The number of carbonyl (C=O) groups is 4. The molecular formula is C19H29BN5O4. The van der Waals surface area contributed by atoms with Gasteiger partial charge >= 0.3 is 0 Å². The van der Waals surface area contributed by atoms with Crippen molar-refractivity contribution in [2.75, 3.05) is 25.5 Å². The van der Waals surface area contributed by atoms with Crippen LogP contribution in [0.2, 0.25) is 6.82 Å². The normalized spacial score (nSPS) is 11.0. The highest BCUT2D eigenvalue weighted by molar-refractivity contribution is 6.36. The maximum atomic E-state index is 11.9. The average molecular weight is 402 g/mol. The van der Waals surface area contributed by atoms with E-state index in [4.69, 9.17) is 0 Å². The van der Waals surface area contributed by atoms with Crippen LogP contribution in [0.25, 0.3) is 0 Å². The van der Waals surface area contributed by atoms with Crippen LogP contribution in [-0.4, -0.2) is 57.2 Å². The number of amides is 4. The first-order chi connectivity index (χ1) is 13.9. The second-order valence-electron chi connectivity index (χ2n) is 6.38. The Morgan fingerprint density at radius 2 is 1.76 bits per heavy atom. The van der Waals surface area contributed by atoms with Crippen LogP contribution >= 0.6 is 0 Å². The Kier molecular flexibility index (Phi) is 10.9. The molecule has 0 fully saturated rings. The van der Waals surface area contributed by atoms with Crippen molar-refractivity contribution in [2.45, 2.75) is 39.1 Å². The van der Waals surface area contributed by atoms with Crippen LogP contribution in [0.1, 0.15) is 36.5 Å². The van der Waals surface area contributed by atoms with Gasteiger partial charge in [0.2, 0.25) is 31.0 Å². The number of carbonyl (C=O) groups excluding carboxylic acids is 4. The van der Waals surface area contributed by atoms with E-state index >= 15 is 0 Å². The molecule has 0 saturated heterocycles. The van der Waals surface area contributed by atoms with Crippen LogP contribution in [0.3, 0.4) is 0 Å². The van der Waals surface area contributed by atoms with Gasteiger partial charge in [-0.1, -0.05) is 6.82 Å². The molecule has 0 spiro atoms. The largest absolute Gasteiger partial charge is 0.400 e. The summed E-state index contributed by atoms with van der Waals surface area (Å²) in [6.45, 7) is 4.07. The van der Waals surface area contributed by atoms with E-state index < -0.39 is 6.04 Å². The van der Waals surface area contributed by atoms with Crippen molar-refractivity contribution < 1.29 is 19.2 Å². The standard InChI is InChI=1S/C19H29BN5O4/c1-13(26)24-16(19(29)21-3)5-4-6-17(27)23-12-11-22-15-9-7-14(8-10-15)18(28)25-20-2/h7-10,16,22H,4-6,11-12H2,1-3H3,(H,21,29)(H,23,27)(H,24,26)(H,25,28)/t16-/m0/s1. The lowest BCUT2D eigenvalue weighted by molar-refractivity contribution is -0.128. The molecule has 0 unspecified atom stereocenters. The zero-order valence-electron chi connectivity index (χ0n) is 17.1. The molecule has 157 valence electrons. The molecule has 0 saturated carbocycles. The third kappa shape index (κ3) is 9.64. The number of hydrogen-bond acceptors (Lipinski definition) is 5. The van der Waals surface area contributed by atoms with Crippen LogP contribution in [0.5, 0.6) is 0 Å². The van der Waals surface area contributed by atoms with Gasteiger partial charge in [-0.05, 0) is 37.1 Å². The lowest BCUT2D eigenvalue weighted by Crippen LogP contribution is -2.45. The van der Waals surface area contributed by atoms with Gasteiger partial charge < -0.3 is 26.5 Å². The van der Waals surface area contributed by atoms with Crippen molar-refractivity contribution in [3.8, 4) is 0 Å². The first-order valence-corrected chi connectivity index (χ1v) is 9.55. The van der Waals surface area contributed by atoms with Crippen molar-refractivity contribution in [1.82, 2.24) is 21.2 Å². The van der Waals surface area contributed by atoms with Crippen molar-refractivity contribution >= 4 is 36.7 Å². The molecule has 10 heteroatoms. The fourth-order valence-electron chi connectivity index (χ4n) is 2.61. The summed E-state index contributed by atoms with van der Waals surface area (Å²) in [7, 11) is 3.08. The molecular weight excluding hydrogens is 373 g/mol. The highest BCUT2D eigenvalue weighted by atomic mass is 16.2. The lowest BCUT2D eigenvalue weighted by Gasteiger charge is -2.16. The third-order valence-electron chi connectivity index (χ3n) is 4.04. The fraction of sp³-hybridized carbons (Fsp3) is 0.474. The summed E-state index contributed by atoms with van der Waals surface area (Å²) in [5, 5.41) is 13.6. The minimum Gasteiger partial charge on any atom is -0.400 e. The Bertz CT molecular complexity index is 696. The number of anilines is 1. The summed E-state index contributed by atoms with van der Waals surface area (Å²) < 4.78 is 0. The Morgan fingerprint density at radius 1 is 1.07 bits per heavy atom. The minimum absolute atomic E-state index is 0.117. The molecule has 1 radical (unpaired) electrons. The quantitative estimate of drug-likeness (QED) is 0.249.